The number of nitrogens with two attached hydrogens (primary N) is 1. The topological polar surface area (TPSA) is 35.2 Å². The summed E-state index contributed by atoms with van der Waals surface area (Å²) < 4.78 is 5.74. The van der Waals surface area contributed by atoms with Crippen LogP contribution in [0.15, 0.2) is 24.3 Å². The lowest BCUT2D eigenvalue weighted by Crippen LogP contribution is -2.20. The standard InChI is InChI=1S/C15H25NO/c1-3-7-14(16)11-10-13-8-5-6-9-15(13)17-12-4-2/h5-6,8-9,14H,3-4,7,10-12,16H2,1-2H3. The highest BCUT2D eigenvalue weighted by Gasteiger charge is 2.06. The van der Waals surface area contributed by atoms with E-state index >= 15 is 0 Å². The van der Waals surface area contributed by atoms with Crippen LogP contribution in [0.5, 0.6) is 5.75 Å². The molecule has 0 aliphatic rings. The average molecular weight is 235 g/mol. The van der Waals surface area contributed by atoms with Gasteiger partial charge >= 0.3 is 0 Å². The van der Waals surface area contributed by atoms with E-state index in [0.29, 0.717) is 6.04 Å². The second-order valence-electron chi connectivity index (χ2n) is 4.54. The van der Waals surface area contributed by atoms with E-state index in [9.17, 15) is 0 Å². The van der Waals surface area contributed by atoms with Crippen LogP contribution in [0.4, 0.5) is 0 Å². The van der Waals surface area contributed by atoms with Crippen molar-refractivity contribution in [2.24, 2.45) is 5.73 Å². The van der Waals surface area contributed by atoms with E-state index < -0.39 is 0 Å². The smallest absolute Gasteiger partial charge is 0.122 e. The fourth-order valence-corrected chi connectivity index (χ4v) is 1.92. The molecule has 17 heavy (non-hydrogen) atoms. The fraction of sp³-hybridized carbons (Fsp3) is 0.600. The number of hydrogen-bond donors (Lipinski definition) is 1. The first kappa shape index (κ1) is 14.0. The van der Waals surface area contributed by atoms with Crippen molar-refractivity contribution in [3.05, 3.63) is 29.8 Å². The minimum Gasteiger partial charge on any atom is -0.493 e. The number of benzene rings is 1. The molecule has 0 saturated heterocycles. The molecule has 0 amide bonds. The van der Waals surface area contributed by atoms with Crippen molar-refractivity contribution in [2.75, 3.05) is 6.61 Å². The zero-order chi connectivity index (χ0) is 12.5. The van der Waals surface area contributed by atoms with Crippen LogP contribution in [0.2, 0.25) is 0 Å². The quantitative estimate of drug-likeness (QED) is 0.748. The van der Waals surface area contributed by atoms with Crippen LogP contribution in [-0.4, -0.2) is 12.6 Å². The summed E-state index contributed by atoms with van der Waals surface area (Å²) in [5, 5.41) is 0. The van der Waals surface area contributed by atoms with E-state index in [4.69, 9.17) is 10.5 Å². The molecule has 0 aliphatic carbocycles. The van der Waals surface area contributed by atoms with Gasteiger partial charge in [0.15, 0.2) is 0 Å². The molecule has 1 aromatic rings. The monoisotopic (exact) mass is 235 g/mol. The van der Waals surface area contributed by atoms with Gasteiger partial charge in [0.25, 0.3) is 0 Å². The van der Waals surface area contributed by atoms with Gasteiger partial charge in [-0.1, -0.05) is 38.5 Å². The summed E-state index contributed by atoms with van der Waals surface area (Å²) in [6.07, 6.45) is 5.37. The molecule has 1 aromatic carbocycles. The Morgan fingerprint density at radius 2 is 1.88 bits per heavy atom. The number of hydrogen-bond acceptors (Lipinski definition) is 2. The van der Waals surface area contributed by atoms with Gasteiger partial charge in [-0.2, -0.15) is 0 Å². The zero-order valence-electron chi connectivity index (χ0n) is 11.1. The highest BCUT2D eigenvalue weighted by Crippen LogP contribution is 2.20. The zero-order valence-corrected chi connectivity index (χ0v) is 11.1. The highest BCUT2D eigenvalue weighted by molar-refractivity contribution is 5.33. The minimum absolute atomic E-state index is 0.319. The molecule has 1 atom stereocenters. The van der Waals surface area contributed by atoms with Crippen molar-refractivity contribution in [2.45, 2.75) is 52.0 Å². The van der Waals surface area contributed by atoms with Crippen molar-refractivity contribution >= 4 is 0 Å². The predicted molar refractivity (Wildman–Crippen MR) is 73.4 cm³/mol. The van der Waals surface area contributed by atoms with Gasteiger partial charge in [-0.25, -0.2) is 0 Å². The molecule has 0 aromatic heterocycles. The highest BCUT2D eigenvalue weighted by atomic mass is 16.5. The molecule has 0 bridgehead atoms. The van der Waals surface area contributed by atoms with Gasteiger partial charge in [-0.3, -0.25) is 0 Å². The second-order valence-corrected chi connectivity index (χ2v) is 4.54. The van der Waals surface area contributed by atoms with Crippen molar-refractivity contribution in [3.63, 3.8) is 0 Å². The number of para-hydroxylation sites is 1. The molecular weight excluding hydrogens is 210 g/mol. The van der Waals surface area contributed by atoms with Crippen molar-refractivity contribution in [1.29, 1.82) is 0 Å². The van der Waals surface area contributed by atoms with Crippen LogP contribution in [0.25, 0.3) is 0 Å². The van der Waals surface area contributed by atoms with Crippen LogP contribution >= 0.6 is 0 Å². The molecule has 0 fully saturated rings. The summed E-state index contributed by atoms with van der Waals surface area (Å²) in [4.78, 5) is 0. The Hall–Kier alpha value is -1.02. The van der Waals surface area contributed by atoms with Gasteiger partial charge in [0.05, 0.1) is 6.61 Å². The number of aryl methyl sites for hydroxylation is 1. The summed E-state index contributed by atoms with van der Waals surface area (Å²) in [6, 6.07) is 8.61. The molecule has 2 N–H and O–H groups in total. The van der Waals surface area contributed by atoms with Gasteiger partial charge in [-0.05, 0) is 37.3 Å². The summed E-state index contributed by atoms with van der Waals surface area (Å²) in [7, 11) is 0. The molecule has 1 unspecified atom stereocenters. The van der Waals surface area contributed by atoms with E-state index in [0.717, 1.165) is 44.5 Å². The molecule has 0 spiro atoms. The Morgan fingerprint density at radius 3 is 2.59 bits per heavy atom. The van der Waals surface area contributed by atoms with Gasteiger partial charge < -0.3 is 10.5 Å². The summed E-state index contributed by atoms with van der Waals surface area (Å²) in [6.45, 7) is 5.09. The molecular formula is C15H25NO. The van der Waals surface area contributed by atoms with E-state index in [2.05, 4.69) is 32.0 Å². The number of ether oxygens (including phenoxy) is 1. The third-order valence-corrected chi connectivity index (χ3v) is 2.88. The fourth-order valence-electron chi connectivity index (χ4n) is 1.92. The van der Waals surface area contributed by atoms with E-state index in [1.54, 1.807) is 0 Å². The summed E-state index contributed by atoms with van der Waals surface area (Å²) in [5.41, 5.74) is 7.33. The van der Waals surface area contributed by atoms with Crippen LogP contribution in [-0.2, 0) is 6.42 Å². The van der Waals surface area contributed by atoms with Gasteiger partial charge in [0.1, 0.15) is 5.75 Å². The Bertz CT molecular complexity index is 312. The van der Waals surface area contributed by atoms with E-state index in [1.165, 1.54) is 5.56 Å². The lowest BCUT2D eigenvalue weighted by Gasteiger charge is -2.13. The molecule has 0 aliphatic heterocycles. The third kappa shape index (κ3) is 5.22. The SMILES string of the molecule is CCCOc1ccccc1CCC(N)CCC. The maximum atomic E-state index is 6.04. The van der Waals surface area contributed by atoms with Crippen LogP contribution in [0.1, 0.15) is 45.1 Å². The van der Waals surface area contributed by atoms with Crippen LogP contribution in [0, 0.1) is 0 Å². The van der Waals surface area contributed by atoms with E-state index in [-0.39, 0.29) is 0 Å². The largest absolute Gasteiger partial charge is 0.493 e. The van der Waals surface area contributed by atoms with Crippen molar-refractivity contribution < 1.29 is 4.74 Å². The molecule has 96 valence electrons. The maximum Gasteiger partial charge on any atom is 0.122 e. The van der Waals surface area contributed by atoms with E-state index in [1.807, 2.05) is 6.07 Å². The molecule has 2 nitrogen and oxygen atoms in total. The Labute approximate surface area is 105 Å². The normalized spacial score (nSPS) is 12.4. The first-order valence-corrected chi connectivity index (χ1v) is 6.74. The number of rotatable bonds is 8. The minimum atomic E-state index is 0.319. The van der Waals surface area contributed by atoms with Gasteiger partial charge in [-0.15, -0.1) is 0 Å². The predicted octanol–water partition coefficient (Wildman–Crippen LogP) is 3.54. The van der Waals surface area contributed by atoms with Gasteiger partial charge in [0, 0.05) is 6.04 Å². The third-order valence-electron chi connectivity index (χ3n) is 2.88. The van der Waals surface area contributed by atoms with Crippen molar-refractivity contribution in [3.8, 4) is 5.75 Å². The lowest BCUT2D eigenvalue weighted by atomic mass is 10.0. The average Bonchev–Trinajstić information content (AvgIpc) is 2.35. The second kappa shape index (κ2) is 8.13. The summed E-state index contributed by atoms with van der Waals surface area (Å²) >= 11 is 0. The lowest BCUT2D eigenvalue weighted by molar-refractivity contribution is 0.313. The molecule has 2 heteroatoms. The molecule has 0 saturated carbocycles. The summed E-state index contributed by atoms with van der Waals surface area (Å²) in [5.74, 6) is 1.03. The van der Waals surface area contributed by atoms with Crippen LogP contribution < -0.4 is 10.5 Å². The molecule has 0 heterocycles. The molecule has 1 rings (SSSR count). The van der Waals surface area contributed by atoms with Crippen LogP contribution in [0.3, 0.4) is 0 Å². The molecule has 0 radical (unpaired) electrons. The Morgan fingerprint density at radius 1 is 1.12 bits per heavy atom. The Balaban J connectivity index is 2.51. The first-order valence-electron chi connectivity index (χ1n) is 6.74. The first-order chi connectivity index (χ1) is 8.27. The van der Waals surface area contributed by atoms with Gasteiger partial charge in [0.2, 0.25) is 0 Å². The Kier molecular flexibility index (Phi) is 6.71. The maximum absolute atomic E-state index is 6.04. The van der Waals surface area contributed by atoms with Crippen molar-refractivity contribution in [1.82, 2.24) is 0 Å².